The summed E-state index contributed by atoms with van der Waals surface area (Å²) in [5.41, 5.74) is 2.19. The van der Waals surface area contributed by atoms with Crippen LogP contribution in [0.15, 0.2) is 30.5 Å². The van der Waals surface area contributed by atoms with Crippen LogP contribution < -0.4 is 16.0 Å². The average molecular weight is 414 g/mol. The molecule has 1 atom stereocenters. The number of fused-ring (bicyclic) bond motifs is 1. The predicted octanol–water partition coefficient (Wildman–Crippen LogP) is 2.12. The molecule has 9 heteroatoms. The molecule has 3 amide bonds. The lowest BCUT2D eigenvalue weighted by Gasteiger charge is -2.17. The molecular weight excluding hydrogens is 390 g/mol. The minimum absolute atomic E-state index is 0.149. The third-order valence-corrected chi connectivity index (χ3v) is 5.75. The van der Waals surface area contributed by atoms with E-state index in [1.807, 2.05) is 13.8 Å². The van der Waals surface area contributed by atoms with Crippen molar-refractivity contribution >= 4 is 40.0 Å². The number of carbonyl (C=O) groups excluding carboxylic acids is 3. The van der Waals surface area contributed by atoms with Crippen LogP contribution in [0, 0.1) is 6.92 Å². The number of nitrogens with one attached hydrogen (secondary N) is 4. The van der Waals surface area contributed by atoms with Crippen LogP contribution in [0.2, 0.25) is 0 Å². The van der Waals surface area contributed by atoms with Gasteiger partial charge in [-0.15, -0.1) is 11.3 Å². The Hall–Kier alpha value is -3.20. The molecule has 0 aliphatic heterocycles. The van der Waals surface area contributed by atoms with Gasteiger partial charge in [0.1, 0.15) is 6.04 Å². The van der Waals surface area contributed by atoms with E-state index in [1.54, 1.807) is 37.5 Å². The van der Waals surface area contributed by atoms with Crippen molar-refractivity contribution in [3.8, 4) is 0 Å². The Morgan fingerprint density at radius 2 is 2.00 bits per heavy atom. The molecule has 8 nitrogen and oxygen atoms in total. The van der Waals surface area contributed by atoms with Gasteiger partial charge in [-0.3, -0.25) is 19.5 Å². The van der Waals surface area contributed by atoms with Crippen LogP contribution in [-0.4, -0.2) is 41.0 Å². The van der Waals surface area contributed by atoms with Crippen LogP contribution >= 0.6 is 11.3 Å². The van der Waals surface area contributed by atoms with Gasteiger partial charge >= 0.3 is 0 Å². The Balaban J connectivity index is 1.62. The molecule has 0 aliphatic rings. The molecule has 0 bridgehead atoms. The lowest BCUT2D eigenvalue weighted by atomic mass is 10.1. The zero-order valence-corrected chi connectivity index (χ0v) is 17.3. The fraction of sp³-hybridized carbons (Fsp3) is 0.300. The molecule has 0 fully saturated rings. The zero-order valence-electron chi connectivity index (χ0n) is 16.5. The highest BCUT2D eigenvalue weighted by Gasteiger charge is 2.20. The van der Waals surface area contributed by atoms with Gasteiger partial charge in [-0.05, 0) is 43.2 Å². The molecule has 152 valence electrons. The normalized spacial score (nSPS) is 11.8. The fourth-order valence-electron chi connectivity index (χ4n) is 2.91. The number of amides is 3. The lowest BCUT2D eigenvalue weighted by Crippen LogP contribution is -2.46. The van der Waals surface area contributed by atoms with Gasteiger partial charge in [0.05, 0.1) is 16.6 Å². The number of nitrogens with zero attached hydrogens (tertiary/aromatic N) is 1. The fourth-order valence-corrected chi connectivity index (χ4v) is 3.90. The Kier molecular flexibility index (Phi) is 6.28. The van der Waals surface area contributed by atoms with Crippen molar-refractivity contribution < 1.29 is 14.4 Å². The zero-order chi connectivity index (χ0) is 21.0. The van der Waals surface area contributed by atoms with Crippen LogP contribution in [0.1, 0.15) is 43.8 Å². The largest absolute Gasteiger partial charge is 0.354 e. The summed E-state index contributed by atoms with van der Waals surface area (Å²) in [4.78, 5) is 38.5. The highest BCUT2D eigenvalue weighted by Crippen LogP contribution is 2.21. The van der Waals surface area contributed by atoms with Crippen LogP contribution in [0.5, 0.6) is 0 Å². The van der Waals surface area contributed by atoms with Crippen molar-refractivity contribution in [2.24, 2.45) is 0 Å². The first-order valence-corrected chi connectivity index (χ1v) is 10.1. The van der Waals surface area contributed by atoms with E-state index >= 15 is 0 Å². The Morgan fingerprint density at radius 1 is 1.21 bits per heavy atom. The predicted molar refractivity (Wildman–Crippen MR) is 112 cm³/mol. The van der Waals surface area contributed by atoms with Gasteiger partial charge in [0.25, 0.3) is 11.8 Å². The van der Waals surface area contributed by atoms with Crippen molar-refractivity contribution in [1.82, 2.24) is 26.1 Å². The number of rotatable bonds is 7. The monoisotopic (exact) mass is 413 g/mol. The summed E-state index contributed by atoms with van der Waals surface area (Å²) < 4.78 is 0. The Labute approximate surface area is 172 Å². The van der Waals surface area contributed by atoms with Crippen LogP contribution in [0.25, 0.3) is 10.9 Å². The first-order valence-electron chi connectivity index (χ1n) is 9.26. The van der Waals surface area contributed by atoms with Crippen molar-refractivity contribution in [3.05, 3.63) is 51.3 Å². The number of hydrogen-bond acceptors (Lipinski definition) is 5. The number of aromatic nitrogens is 2. The molecule has 0 aliphatic carbocycles. The molecule has 2 heterocycles. The molecule has 1 aromatic carbocycles. The highest BCUT2D eigenvalue weighted by molar-refractivity contribution is 7.14. The van der Waals surface area contributed by atoms with Crippen LogP contribution in [-0.2, 0) is 11.3 Å². The molecule has 0 radical (unpaired) electrons. The molecule has 29 heavy (non-hydrogen) atoms. The smallest absolute Gasteiger partial charge is 0.261 e. The Bertz CT molecular complexity index is 1060. The van der Waals surface area contributed by atoms with Gasteiger partial charge in [-0.25, -0.2) is 0 Å². The van der Waals surface area contributed by atoms with Crippen molar-refractivity contribution in [3.63, 3.8) is 0 Å². The number of benzene rings is 1. The molecule has 0 spiro atoms. The summed E-state index contributed by atoms with van der Waals surface area (Å²) in [6, 6.07) is 6.32. The maximum Gasteiger partial charge on any atom is 0.261 e. The minimum Gasteiger partial charge on any atom is -0.354 e. The van der Waals surface area contributed by atoms with E-state index in [-0.39, 0.29) is 17.7 Å². The van der Waals surface area contributed by atoms with E-state index in [1.165, 1.54) is 11.3 Å². The first kappa shape index (κ1) is 20.5. The van der Waals surface area contributed by atoms with Crippen LogP contribution in [0.3, 0.4) is 0 Å². The summed E-state index contributed by atoms with van der Waals surface area (Å²) in [6.07, 6.45) is 2.10. The van der Waals surface area contributed by atoms with E-state index in [2.05, 4.69) is 26.1 Å². The third-order valence-electron chi connectivity index (χ3n) is 4.66. The molecule has 2 aromatic heterocycles. The van der Waals surface area contributed by atoms with Gasteiger partial charge in [0, 0.05) is 29.4 Å². The van der Waals surface area contributed by atoms with E-state index in [0.29, 0.717) is 23.4 Å². The van der Waals surface area contributed by atoms with Gasteiger partial charge in [0.15, 0.2) is 0 Å². The van der Waals surface area contributed by atoms with E-state index in [9.17, 15) is 14.4 Å². The van der Waals surface area contributed by atoms with Crippen LogP contribution in [0.4, 0.5) is 0 Å². The second-order valence-electron chi connectivity index (χ2n) is 6.60. The molecular formula is C20H23N5O3S. The number of aryl methyl sites for hydroxylation is 1. The maximum atomic E-state index is 12.6. The van der Waals surface area contributed by atoms with E-state index in [4.69, 9.17) is 0 Å². The quantitative estimate of drug-likeness (QED) is 0.475. The second-order valence-corrected chi connectivity index (χ2v) is 7.85. The highest BCUT2D eigenvalue weighted by atomic mass is 32.1. The average Bonchev–Trinajstić information content (AvgIpc) is 3.35. The first-order chi connectivity index (χ1) is 13.9. The topological polar surface area (TPSA) is 116 Å². The van der Waals surface area contributed by atoms with E-state index < -0.39 is 6.04 Å². The summed E-state index contributed by atoms with van der Waals surface area (Å²) >= 11 is 1.38. The van der Waals surface area contributed by atoms with E-state index in [0.717, 1.165) is 21.3 Å². The van der Waals surface area contributed by atoms with Crippen molar-refractivity contribution in [1.29, 1.82) is 0 Å². The summed E-state index contributed by atoms with van der Waals surface area (Å²) in [7, 11) is 1.58. The number of H-pyrrole nitrogens is 1. The third kappa shape index (κ3) is 4.62. The minimum atomic E-state index is -0.653. The number of aromatic amines is 1. The molecule has 0 saturated carbocycles. The van der Waals surface area contributed by atoms with Gasteiger partial charge in [0.2, 0.25) is 5.91 Å². The van der Waals surface area contributed by atoms with Gasteiger partial charge in [-0.1, -0.05) is 6.92 Å². The van der Waals surface area contributed by atoms with Gasteiger partial charge in [-0.2, -0.15) is 5.10 Å². The lowest BCUT2D eigenvalue weighted by molar-refractivity contribution is -0.123. The summed E-state index contributed by atoms with van der Waals surface area (Å²) in [5, 5.41) is 15.8. The van der Waals surface area contributed by atoms with Gasteiger partial charge < -0.3 is 16.0 Å². The molecule has 3 aromatic rings. The number of thiophene rings is 1. The standard InChI is InChI=1S/C20H23N5O3S/c1-4-15(24-18(26)12-5-6-16-14(7-12)10-23-25-16)19(27)22-9-13-8-17(20(28)21-3)29-11(13)2/h5-8,10,15H,4,9H2,1-3H3,(H,21,28)(H,22,27)(H,23,25)(H,24,26). The number of carbonyl (C=O) groups is 3. The second kappa shape index (κ2) is 8.87. The maximum absolute atomic E-state index is 12.6. The Morgan fingerprint density at radius 3 is 2.72 bits per heavy atom. The molecule has 0 saturated heterocycles. The SMILES string of the molecule is CCC(NC(=O)c1ccc2[nH]ncc2c1)C(=O)NCc1cc(C(=O)NC)sc1C. The van der Waals surface area contributed by atoms with Crippen molar-refractivity contribution in [2.75, 3.05) is 7.05 Å². The summed E-state index contributed by atoms with van der Waals surface area (Å²) in [6.45, 7) is 4.04. The van der Waals surface area contributed by atoms with Crippen molar-refractivity contribution in [2.45, 2.75) is 32.9 Å². The molecule has 1 unspecified atom stereocenters. The summed E-state index contributed by atoms with van der Waals surface area (Å²) in [5.74, 6) is -0.731. The number of hydrogen-bond donors (Lipinski definition) is 4. The molecule has 4 N–H and O–H groups in total. The molecule has 3 rings (SSSR count).